The summed E-state index contributed by atoms with van der Waals surface area (Å²) in [6, 6.07) is 5.05. The highest BCUT2D eigenvalue weighted by Crippen LogP contribution is 2.41. The largest absolute Gasteiger partial charge is 0.464 e. The minimum absolute atomic E-state index is 0.0738. The average molecular weight is 436 g/mol. The van der Waals surface area contributed by atoms with Gasteiger partial charge in [-0.1, -0.05) is 12.1 Å². The Labute approximate surface area is 143 Å². The molecule has 0 amide bonds. The van der Waals surface area contributed by atoms with Crippen molar-refractivity contribution in [2.45, 2.75) is 25.1 Å². The third-order valence-electron chi connectivity index (χ3n) is 3.61. The Morgan fingerprint density at radius 1 is 1.39 bits per heavy atom. The lowest BCUT2D eigenvalue weighted by atomic mass is 10.1. The summed E-state index contributed by atoms with van der Waals surface area (Å²) in [7, 11) is 1.27. The number of carbonyl (C=O) groups is 1. The van der Waals surface area contributed by atoms with Crippen molar-refractivity contribution in [2.75, 3.05) is 7.11 Å². The second-order valence-electron chi connectivity index (χ2n) is 5.25. The molecule has 0 bridgehead atoms. The molecule has 23 heavy (non-hydrogen) atoms. The standard InChI is InChI=1S/C15H12F3IN2O2/c1-23-14(22)11-12(19)20-13(21(11)10-5-6-10)8-3-2-4-9(7-8)15(16,17)18/h2-4,7,10H,5-6H2,1H3. The number of ether oxygens (including phenoxy) is 1. The molecule has 0 saturated heterocycles. The number of aromatic nitrogens is 2. The number of alkyl halides is 3. The van der Waals surface area contributed by atoms with Crippen LogP contribution < -0.4 is 0 Å². The molecule has 3 rings (SSSR count). The van der Waals surface area contributed by atoms with Gasteiger partial charge in [0, 0.05) is 11.6 Å². The lowest BCUT2D eigenvalue weighted by molar-refractivity contribution is -0.137. The fourth-order valence-corrected chi connectivity index (χ4v) is 3.12. The van der Waals surface area contributed by atoms with Crippen LogP contribution in [0.15, 0.2) is 24.3 Å². The second-order valence-corrected chi connectivity index (χ2v) is 6.27. The van der Waals surface area contributed by atoms with Crippen molar-refractivity contribution >= 4 is 28.6 Å². The molecule has 2 aromatic rings. The van der Waals surface area contributed by atoms with Crippen LogP contribution in [0.2, 0.25) is 0 Å². The first-order chi connectivity index (χ1) is 10.8. The van der Waals surface area contributed by atoms with Gasteiger partial charge in [0.25, 0.3) is 0 Å². The van der Waals surface area contributed by atoms with E-state index in [-0.39, 0.29) is 6.04 Å². The van der Waals surface area contributed by atoms with Gasteiger partial charge in [-0.15, -0.1) is 0 Å². The molecule has 1 aliphatic rings. The van der Waals surface area contributed by atoms with E-state index < -0.39 is 17.7 Å². The molecule has 0 N–H and O–H groups in total. The van der Waals surface area contributed by atoms with Gasteiger partial charge in [-0.3, -0.25) is 0 Å². The summed E-state index contributed by atoms with van der Waals surface area (Å²) in [5.41, 5.74) is -0.113. The lowest BCUT2D eigenvalue weighted by Crippen LogP contribution is -2.12. The highest BCUT2D eigenvalue weighted by Gasteiger charge is 2.35. The molecule has 8 heteroatoms. The van der Waals surface area contributed by atoms with Crippen molar-refractivity contribution in [2.24, 2.45) is 0 Å². The first-order valence-corrected chi connectivity index (χ1v) is 7.94. The molecule has 1 fully saturated rings. The number of esters is 1. The predicted octanol–water partition coefficient (Wildman–Crippen LogP) is 4.30. The number of halogens is 4. The Kier molecular flexibility index (Phi) is 4.11. The van der Waals surface area contributed by atoms with E-state index in [1.54, 1.807) is 10.6 Å². The minimum Gasteiger partial charge on any atom is -0.464 e. The lowest BCUT2D eigenvalue weighted by Gasteiger charge is -2.12. The third kappa shape index (κ3) is 3.08. The molecule has 0 atom stereocenters. The summed E-state index contributed by atoms with van der Waals surface area (Å²) in [6.07, 6.45) is -2.70. The van der Waals surface area contributed by atoms with Crippen LogP contribution in [0.5, 0.6) is 0 Å². The quantitative estimate of drug-likeness (QED) is 0.533. The van der Waals surface area contributed by atoms with Crippen LogP contribution in [0.3, 0.4) is 0 Å². The Hall–Kier alpha value is -1.58. The maximum absolute atomic E-state index is 12.9. The number of rotatable bonds is 3. The zero-order valence-electron chi connectivity index (χ0n) is 12.0. The van der Waals surface area contributed by atoms with E-state index in [9.17, 15) is 18.0 Å². The summed E-state index contributed by atoms with van der Waals surface area (Å²) < 4.78 is 45.7. The molecule has 0 radical (unpaired) electrons. The molecule has 0 spiro atoms. The van der Waals surface area contributed by atoms with Gasteiger partial charge in [0.2, 0.25) is 0 Å². The van der Waals surface area contributed by atoms with Crippen molar-refractivity contribution in [3.63, 3.8) is 0 Å². The fraction of sp³-hybridized carbons (Fsp3) is 0.333. The van der Waals surface area contributed by atoms with Crippen molar-refractivity contribution in [3.8, 4) is 11.4 Å². The molecule has 4 nitrogen and oxygen atoms in total. The Bertz CT molecular complexity index is 767. The van der Waals surface area contributed by atoms with Gasteiger partial charge in [-0.25, -0.2) is 9.78 Å². The van der Waals surface area contributed by atoms with E-state index in [0.29, 0.717) is 20.8 Å². The highest BCUT2D eigenvalue weighted by atomic mass is 127. The van der Waals surface area contributed by atoms with E-state index in [4.69, 9.17) is 4.74 Å². The van der Waals surface area contributed by atoms with Gasteiger partial charge in [-0.2, -0.15) is 13.2 Å². The van der Waals surface area contributed by atoms with Crippen LogP contribution in [0, 0.1) is 3.70 Å². The van der Waals surface area contributed by atoms with E-state index in [1.165, 1.54) is 13.2 Å². The maximum Gasteiger partial charge on any atom is 0.416 e. The van der Waals surface area contributed by atoms with Gasteiger partial charge in [0.15, 0.2) is 5.69 Å². The first kappa shape index (κ1) is 16.3. The maximum atomic E-state index is 12.9. The number of hydrogen-bond acceptors (Lipinski definition) is 3. The zero-order valence-corrected chi connectivity index (χ0v) is 14.2. The summed E-state index contributed by atoms with van der Waals surface area (Å²) in [4.78, 5) is 16.3. The molecule has 122 valence electrons. The average Bonchev–Trinajstić information content (AvgIpc) is 3.28. The molecule has 1 heterocycles. The number of carbonyl (C=O) groups excluding carboxylic acids is 1. The minimum atomic E-state index is -4.43. The monoisotopic (exact) mass is 436 g/mol. The molecule has 1 aromatic carbocycles. The molecule has 1 aromatic heterocycles. The Morgan fingerprint density at radius 2 is 2.09 bits per heavy atom. The fourth-order valence-electron chi connectivity index (χ4n) is 2.41. The van der Waals surface area contributed by atoms with Crippen molar-refractivity contribution in [1.82, 2.24) is 9.55 Å². The smallest absolute Gasteiger partial charge is 0.416 e. The van der Waals surface area contributed by atoms with Gasteiger partial charge in [0.1, 0.15) is 9.53 Å². The molecule has 1 aliphatic carbocycles. The van der Waals surface area contributed by atoms with Crippen LogP contribution in [-0.2, 0) is 10.9 Å². The number of benzene rings is 1. The van der Waals surface area contributed by atoms with E-state index in [2.05, 4.69) is 4.98 Å². The van der Waals surface area contributed by atoms with E-state index >= 15 is 0 Å². The van der Waals surface area contributed by atoms with E-state index in [0.717, 1.165) is 25.0 Å². The summed E-state index contributed by atoms with van der Waals surface area (Å²) in [5, 5.41) is 0. The van der Waals surface area contributed by atoms with Crippen LogP contribution >= 0.6 is 22.6 Å². The number of imidazole rings is 1. The molecule has 1 saturated carbocycles. The molecule has 0 aliphatic heterocycles. The Balaban J connectivity index is 2.16. The van der Waals surface area contributed by atoms with Crippen LogP contribution in [-0.4, -0.2) is 22.6 Å². The highest BCUT2D eigenvalue weighted by molar-refractivity contribution is 14.1. The van der Waals surface area contributed by atoms with Gasteiger partial charge < -0.3 is 9.30 Å². The first-order valence-electron chi connectivity index (χ1n) is 6.86. The van der Waals surface area contributed by atoms with Crippen molar-refractivity contribution in [3.05, 3.63) is 39.2 Å². The summed E-state index contributed by atoms with van der Waals surface area (Å²) in [6.45, 7) is 0. The molecular formula is C15H12F3IN2O2. The second kappa shape index (κ2) is 5.81. The van der Waals surface area contributed by atoms with Gasteiger partial charge in [0.05, 0.1) is 12.7 Å². The van der Waals surface area contributed by atoms with Gasteiger partial charge in [-0.05, 0) is 47.6 Å². The number of hydrogen-bond donors (Lipinski definition) is 0. The topological polar surface area (TPSA) is 44.1 Å². The van der Waals surface area contributed by atoms with Crippen molar-refractivity contribution in [1.29, 1.82) is 0 Å². The Morgan fingerprint density at radius 3 is 2.65 bits per heavy atom. The number of nitrogens with zero attached hydrogens (tertiary/aromatic N) is 2. The predicted molar refractivity (Wildman–Crippen MR) is 85.0 cm³/mol. The van der Waals surface area contributed by atoms with Crippen LogP contribution in [0.25, 0.3) is 11.4 Å². The van der Waals surface area contributed by atoms with Crippen LogP contribution in [0.4, 0.5) is 13.2 Å². The normalized spacial score (nSPS) is 14.8. The summed E-state index contributed by atoms with van der Waals surface area (Å²) in [5.74, 6) is -0.171. The molecular weight excluding hydrogens is 424 g/mol. The SMILES string of the molecule is COC(=O)c1c(I)nc(-c2cccc(C(F)(F)F)c2)n1C1CC1. The summed E-state index contributed by atoms with van der Waals surface area (Å²) >= 11 is 1.90. The number of methoxy groups -OCH3 is 1. The molecule has 0 unspecified atom stereocenters. The van der Waals surface area contributed by atoms with Gasteiger partial charge >= 0.3 is 12.1 Å². The van der Waals surface area contributed by atoms with Crippen LogP contribution in [0.1, 0.15) is 34.9 Å². The zero-order chi connectivity index (χ0) is 16.8. The van der Waals surface area contributed by atoms with E-state index in [1.807, 2.05) is 22.6 Å². The van der Waals surface area contributed by atoms with Crippen molar-refractivity contribution < 1.29 is 22.7 Å². The third-order valence-corrected chi connectivity index (χ3v) is 4.36.